The van der Waals surface area contributed by atoms with Crippen LogP contribution in [0.25, 0.3) is 6.08 Å². The summed E-state index contributed by atoms with van der Waals surface area (Å²) in [6, 6.07) is 28.0. The zero-order valence-corrected chi connectivity index (χ0v) is 23.7. The molecule has 0 bridgehead atoms. The third kappa shape index (κ3) is 3.58. The third-order valence-electron chi connectivity index (χ3n) is 8.62. The number of amides is 1. The maximum absolute atomic E-state index is 14.7. The zero-order chi connectivity index (χ0) is 28.3. The molecule has 7 heteroatoms. The molecule has 1 N–H and O–H groups in total. The molecule has 7 rings (SSSR count). The number of nitrogens with zero attached hydrogens (tertiary/aromatic N) is 1. The van der Waals surface area contributed by atoms with Gasteiger partial charge in [0.15, 0.2) is 11.6 Å². The van der Waals surface area contributed by atoms with E-state index in [-0.39, 0.29) is 17.5 Å². The van der Waals surface area contributed by atoms with E-state index in [9.17, 15) is 14.4 Å². The highest BCUT2D eigenvalue weighted by molar-refractivity contribution is 9.10. The van der Waals surface area contributed by atoms with E-state index < -0.39 is 23.4 Å². The van der Waals surface area contributed by atoms with Crippen molar-refractivity contribution in [1.82, 2.24) is 4.90 Å². The minimum absolute atomic E-state index is 0.245. The minimum Gasteiger partial charge on any atom is -0.496 e. The van der Waals surface area contributed by atoms with Gasteiger partial charge in [0.25, 0.3) is 0 Å². The SMILES string of the molecule is COc1ccc(C(=O)[C@@H]2[C@H](C(=O)c3ccccc3)[C@]3(C(=O)Nc4ccccc43)[C@H]3c4ccccc4C=CN23)cc1Br. The molecule has 4 aromatic rings. The number of halogens is 1. The van der Waals surface area contributed by atoms with E-state index in [0.717, 1.165) is 16.7 Å². The Labute approximate surface area is 245 Å². The predicted octanol–water partition coefficient (Wildman–Crippen LogP) is 6.44. The standard InChI is InChI=1S/C34H25BrN2O4/c1-41-27-16-15-22(19-25(27)35)31(39)29-28(30(38)21-10-3-2-4-11-21)34(24-13-7-8-14-26(24)36-33(34)40)32-23-12-6-5-9-20(23)17-18-37(29)32/h2-19,28-29,32H,1H3,(H,36,40)/t28-,29+,32-,34+/m1/s1. The van der Waals surface area contributed by atoms with Crippen molar-refractivity contribution in [2.45, 2.75) is 17.5 Å². The number of ether oxygens (including phenoxy) is 1. The Morgan fingerprint density at radius 3 is 2.39 bits per heavy atom. The van der Waals surface area contributed by atoms with Crippen LogP contribution in [-0.2, 0) is 10.2 Å². The van der Waals surface area contributed by atoms with Gasteiger partial charge in [-0.25, -0.2) is 0 Å². The van der Waals surface area contributed by atoms with Crippen LogP contribution in [0.2, 0.25) is 0 Å². The van der Waals surface area contributed by atoms with Gasteiger partial charge in [0.05, 0.1) is 23.5 Å². The molecule has 41 heavy (non-hydrogen) atoms. The van der Waals surface area contributed by atoms with Crippen molar-refractivity contribution in [1.29, 1.82) is 0 Å². The van der Waals surface area contributed by atoms with Crippen LogP contribution in [0, 0.1) is 5.92 Å². The van der Waals surface area contributed by atoms with Gasteiger partial charge < -0.3 is 15.0 Å². The van der Waals surface area contributed by atoms with Gasteiger partial charge in [0.1, 0.15) is 17.2 Å². The van der Waals surface area contributed by atoms with Crippen molar-refractivity contribution < 1.29 is 19.1 Å². The molecule has 1 saturated heterocycles. The van der Waals surface area contributed by atoms with Gasteiger partial charge in [-0.2, -0.15) is 0 Å². The Morgan fingerprint density at radius 2 is 1.61 bits per heavy atom. The largest absolute Gasteiger partial charge is 0.496 e. The molecule has 3 aliphatic rings. The molecular weight excluding hydrogens is 580 g/mol. The highest BCUT2D eigenvalue weighted by Crippen LogP contribution is 2.62. The summed E-state index contributed by atoms with van der Waals surface area (Å²) in [5, 5.41) is 3.08. The number of benzene rings is 4. The second-order valence-corrected chi connectivity index (χ2v) is 11.4. The first-order valence-corrected chi connectivity index (χ1v) is 14.2. The van der Waals surface area contributed by atoms with Gasteiger partial charge in [-0.15, -0.1) is 0 Å². The number of Topliss-reactive ketones (excluding diaryl/α,β-unsaturated/α-hetero) is 2. The molecule has 1 fully saturated rings. The second kappa shape index (κ2) is 9.56. The van der Waals surface area contributed by atoms with Crippen molar-refractivity contribution in [3.63, 3.8) is 0 Å². The van der Waals surface area contributed by atoms with E-state index in [1.165, 1.54) is 0 Å². The molecule has 6 nitrogen and oxygen atoms in total. The maximum Gasteiger partial charge on any atom is 0.238 e. The van der Waals surface area contributed by atoms with Gasteiger partial charge in [0.2, 0.25) is 5.91 Å². The lowest BCUT2D eigenvalue weighted by Crippen LogP contribution is -2.49. The fourth-order valence-corrected chi connectivity index (χ4v) is 7.48. The number of hydrogen-bond donors (Lipinski definition) is 1. The summed E-state index contributed by atoms with van der Waals surface area (Å²) in [5.74, 6) is -1.19. The number of anilines is 1. The Kier molecular flexibility index (Phi) is 5.94. The van der Waals surface area contributed by atoms with Crippen LogP contribution in [0.4, 0.5) is 5.69 Å². The number of methoxy groups -OCH3 is 1. The van der Waals surface area contributed by atoms with Crippen LogP contribution >= 0.6 is 15.9 Å². The van der Waals surface area contributed by atoms with E-state index in [0.29, 0.717) is 27.0 Å². The van der Waals surface area contributed by atoms with Crippen molar-refractivity contribution in [2.75, 3.05) is 12.4 Å². The predicted molar refractivity (Wildman–Crippen MR) is 160 cm³/mol. The van der Waals surface area contributed by atoms with Gasteiger partial charge in [0, 0.05) is 23.0 Å². The topological polar surface area (TPSA) is 75.7 Å². The molecule has 0 radical (unpaired) electrons. The Bertz CT molecular complexity index is 1770. The van der Waals surface area contributed by atoms with E-state index in [4.69, 9.17) is 4.74 Å². The van der Waals surface area contributed by atoms with Gasteiger partial charge in [-0.1, -0.05) is 72.8 Å². The van der Waals surface area contributed by atoms with E-state index >= 15 is 0 Å². The molecule has 0 unspecified atom stereocenters. The van der Waals surface area contributed by atoms with Crippen LogP contribution in [0.5, 0.6) is 5.75 Å². The van der Waals surface area contributed by atoms with Gasteiger partial charge >= 0.3 is 0 Å². The van der Waals surface area contributed by atoms with Crippen LogP contribution < -0.4 is 10.1 Å². The quantitative estimate of drug-likeness (QED) is 0.265. The summed E-state index contributed by atoms with van der Waals surface area (Å²) in [6.07, 6.45) is 3.83. The monoisotopic (exact) mass is 604 g/mol. The van der Waals surface area contributed by atoms with E-state index in [1.807, 2.05) is 71.8 Å². The Hall–Kier alpha value is -4.49. The molecule has 1 spiro atoms. The summed E-state index contributed by atoms with van der Waals surface area (Å²) in [4.78, 5) is 45.8. The lowest BCUT2D eigenvalue weighted by molar-refractivity contribution is -0.122. The summed E-state index contributed by atoms with van der Waals surface area (Å²) >= 11 is 3.51. The molecule has 0 saturated carbocycles. The average Bonchev–Trinajstić information content (AvgIpc) is 3.49. The van der Waals surface area contributed by atoms with Gasteiger partial charge in [-0.05, 0) is 63.0 Å². The molecular formula is C34H25BrN2O4. The second-order valence-electron chi connectivity index (χ2n) is 10.5. The van der Waals surface area contributed by atoms with Crippen molar-refractivity contribution >= 4 is 45.2 Å². The fourth-order valence-electron chi connectivity index (χ4n) is 6.94. The van der Waals surface area contributed by atoms with Gasteiger partial charge in [-0.3, -0.25) is 14.4 Å². The highest BCUT2D eigenvalue weighted by atomic mass is 79.9. The van der Waals surface area contributed by atoms with Crippen molar-refractivity contribution in [3.05, 3.63) is 136 Å². The molecule has 3 aliphatic heterocycles. The Morgan fingerprint density at radius 1 is 0.878 bits per heavy atom. The number of carbonyl (C=O) groups excluding carboxylic acids is 3. The number of rotatable bonds is 5. The summed E-state index contributed by atoms with van der Waals surface area (Å²) in [6.45, 7) is 0. The van der Waals surface area contributed by atoms with Crippen LogP contribution in [0.15, 0.2) is 108 Å². The number of hydrogen-bond acceptors (Lipinski definition) is 5. The molecule has 202 valence electrons. The number of ketones is 2. The number of para-hydroxylation sites is 1. The van der Waals surface area contributed by atoms with Crippen LogP contribution in [0.3, 0.4) is 0 Å². The summed E-state index contributed by atoms with van der Waals surface area (Å²) < 4.78 is 6.02. The highest BCUT2D eigenvalue weighted by Gasteiger charge is 2.70. The first-order chi connectivity index (χ1) is 20.0. The summed E-state index contributed by atoms with van der Waals surface area (Å²) in [7, 11) is 1.56. The van der Waals surface area contributed by atoms with Crippen molar-refractivity contribution in [3.8, 4) is 5.75 Å². The molecule has 3 heterocycles. The average molecular weight is 605 g/mol. The molecule has 1 amide bonds. The molecule has 0 aromatic heterocycles. The fraction of sp³-hybridized carbons (Fsp3) is 0.147. The first-order valence-electron chi connectivity index (χ1n) is 13.4. The maximum atomic E-state index is 14.7. The molecule has 0 aliphatic carbocycles. The molecule has 4 atom stereocenters. The lowest BCUT2D eigenvalue weighted by Gasteiger charge is -2.38. The number of fused-ring (bicyclic) bond motifs is 6. The number of carbonyl (C=O) groups is 3. The van der Waals surface area contributed by atoms with Crippen molar-refractivity contribution in [2.24, 2.45) is 5.92 Å². The smallest absolute Gasteiger partial charge is 0.238 e. The van der Waals surface area contributed by atoms with E-state index in [1.54, 1.807) is 49.6 Å². The summed E-state index contributed by atoms with van der Waals surface area (Å²) in [5.41, 5.74) is 2.77. The Balaban J connectivity index is 1.52. The lowest BCUT2D eigenvalue weighted by atomic mass is 9.62. The molecule has 4 aromatic carbocycles. The first kappa shape index (κ1) is 25.5. The van der Waals surface area contributed by atoms with E-state index in [2.05, 4.69) is 21.2 Å². The normalized spacial score (nSPS) is 23.5. The minimum atomic E-state index is -1.35. The van der Waals surface area contributed by atoms with Crippen LogP contribution in [-0.4, -0.2) is 35.5 Å². The zero-order valence-electron chi connectivity index (χ0n) is 22.1. The van der Waals surface area contributed by atoms with Crippen LogP contribution in [0.1, 0.15) is 43.4 Å². The third-order valence-corrected chi connectivity index (χ3v) is 9.24. The number of nitrogens with one attached hydrogen (secondary N) is 1.